The van der Waals surface area contributed by atoms with Crippen LogP contribution in [0.1, 0.15) is 0 Å². The number of cyclic esters (lactones) is 1. The smallest absolute Gasteiger partial charge is 0.339 e. The van der Waals surface area contributed by atoms with Gasteiger partial charge in [0.25, 0.3) is 0 Å². The minimum absolute atomic E-state index is 0.0934. The molecule has 0 aromatic rings. The summed E-state index contributed by atoms with van der Waals surface area (Å²) in [5.41, 5.74) is 0.0934. The number of carbonyl (C=O) groups excluding carboxylic acids is 1. The molecule has 0 saturated heterocycles. The summed E-state index contributed by atoms with van der Waals surface area (Å²) in [6.45, 7) is 0. The minimum atomic E-state index is -1.19. The quantitative estimate of drug-likeness (QED) is 0.478. The van der Waals surface area contributed by atoms with Gasteiger partial charge in [0.05, 0.1) is 5.57 Å². The van der Waals surface area contributed by atoms with Crippen molar-refractivity contribution >= 4 is 29.2 Å². The van der Waals surface area contributed by atoms with Crippen molar-refractivity contribution in [1.82, 2.24) is 0 Å². The molecule has 1 aliphatic rings. The molecule has 10 heavy (non-hydrogen) atoms. The van der Waals surface area contributed by atoms with Gasteiger partial charge < -0.3 is 9.84 Å². The predicted octanol–water partition coefficient (Wildman–Crippen LogP) is 0.592. The number of carbonyl (C=O) groups is 1. The Morgan fingerprint density at radius 2 is 2.30 bits per heavy atom. The number of hydrogen-bond acceptors (Lipinski definition) is 3. The Kier molecular flexibility index (Phi) is 2.18. The second kappa shape index (κ2) is 2.78. The maximum Gasteiger partial charge on any atom is 0.339 e. The van der Waals surface area contributed by atoms with Crippen molar-refractivity contribution in [2.45, 2.75) is 11.1 Å². The predicted molar refractivity (Wildman–Crippen MR) is 35.7 cm³/mol. The highest BCUT2D eigenvalue weighted by atomic mass is 35.5. The Labute approximate surface area is 67.2 Å². The summed E-state index contributed by atoms with van der Waals surface area (Å²) in [4.78, 5) is 9.68. The fourth-order valence-corrected chi connectivity index (χ4v) is 0.919. The molecule has 0 saturated carbocycles. The first-order valence-corrected chi connectivity index (χ1v) is 3.37. The van der Waals surface area contributed by atoms with Crippen molar-refractivity contribution < 1.29 is 14.6 Å². The highest BCUT2D eigenvalue weighted by molar-refractivity contribution is 6.48. The minimum Gasteiger partial charge on any atom is -0.429 e. The largest absolute Gasteiger partial charge is 0.429 e. The molecular weight excluding hydrogens is 179 g/mol. The van der Waals surface area contributed by atoms with E-state index in [0.29, 0.717) is 0 Å². The van der Waals surface area contributed by atoms with Crippen LogP contribution in [0.4, 0.5) is 0 Å². The molecule has 5 heteroatoms. The van der Waals surface area contributed by atoms with Crippen molar-refractivity contribution in [2.75, 3.05) is 0 Å². The van der Waals surface area contributed by atoms with Crippen LogP contribution < -0.4 is 0 Å². The summed E-state index contributed by atoms with van der Waals surface area (Å²) in [6, 6.07) is 0. The number of halogens is 2. The van der Waals surface area contributed by atoms with Crippen LogP contribution in [0.3, 0.4) is 0 Å². The molecule has 1 unspecified atom stereocenters. The Bertz CT molecular complexity index is 187. The van der Waals surface area contributed by atoms with Gasteiger partial charge in [0.15, 0.2) is 0 Å². The van der Waals surface area contributed by atoms with Crippen molar-refractivity contribution in [2.24, 2.45) is 0 Å². The second-order valence-corrected chi connectivity index (χ2v) is 2.81. The average Bonchev–Trinajstić information content (AvgIpc) is 2.10. The van der Waals surface area contributed by atoms with Crippen LogP contribution >= 0.6 is 23.2 Å². The number of ether oxygens (including phenoxy) is 1. The lowest BCUT2D eigenvalue weighted by Gasteiger charge is -1.97. The van der Waals surface area contributed by atoms with Gasteiger partial charge in [0, 0.05) is 0 Å². The first-order valence-electron chi connectivity index (χ1n) is 2.50. The maximum absolute atomic E-state index is 10.6. The lowest BCUT2D eigenvalue weighted by Crippen LogP contribution is -2.08. The van der Waals surface area contributed by atoms with Gasteiger partial charge in [0.1, 0.15) is 4.84 Å². The Hall–Kier alpha value is -0.250. The number of aliphatic hydroxyl groups is 1. The van der Waals surface area contributed by atoms with Crippen LogP contribution in [-0.4, -0.2) is 22.2 Å². The van der Waals surface area contributed by atoms with Crippen LogP contribution in [-0.2, 0) is 9.53 Å². The lowest BCUT2D eigenvalue weighted by atomic mass is 10.3. The zero-order valence-corrected chi connectivity index (χ0v) is 6.26. The molecule has 1 atom stereocenters. The molecule has 1 heterocycles. The number of rotatable bonds is 1. The van der Waals surface area contributed by atoms with Crippen molar-refractivity contribution in [3.05, 3.63) is 11.6 Å². The van der Waals surface area contributed by atoms with Crippen LogP contribution in [0.5, 0.6) is 0 Å². The van der Waals surface area contributed by atoms with E-state index < -0.39 is 17.1 Å². The Morgan fingerprint density at radius 1 is 1.70 bits per heavy atom. The van der Waals surface area contributed by atoms with E-state index in [4.69, 9.17) is 28.3 Å². The van der Waals surface area contributed by atoms with Gasteiger partial charge in [-0.05, 0) is 6.08 Å². The monoisotopic (exact) mass is 182 g/mol. The average molecular weight is 183 g/mol. The Balaban J connectivity index is 2.75. The molecule has 0 fully saturated rings. The van der Waals surface area contributed by atoms with Crippen LogP contribution in [0.15, 0.2) is 11.6 Å². The van der Waals surface area contributed by atoms with Gasteiger partial charge in [-0.15, -0.1) is 0 Å². The van der Waals surface area contributed by atoms with E-state index in [0.717, 1.165) is 0 Å². The first-order chi connectivity index (χ1) is 4.61. The van der Waals surface area contributed by atoms with E-state index in [1.807, 2.05) is 0 Å². The summed E-state index contributed by atoms with van der Waals surface area (Å²) in [7, 11) is 0. The summed E-state index contributed by atoms with van der Waals surface area (Å²) in [5.74, 6) is -0.664. The molecule has 0 spiro atoms. The van der Waals surface area contributed by atoms with Crippen LogP contribution in [0.25, 0.3) is 0 Å². The standard InChI is InChI=1S/C5H4Cl2O3/c6-4(7)2-1-3(8)10-5(2)9/h1,3-4,8H. The lowest BCUT2D eigenvalue weighted by molar-refractivity contribution is -0.151. The maximum atomic E-state index is 10.6. The summed E-state index contributed by atoms with van der Waals surface area (Å²) in [5, 5.41) is 8.68. The highest BCUT2D eigenvalue weighted by Crippen LogP contribution is 2.21. The Morgan fingerprint density at radius 3 is 2.50 bits per heavy atom. The number of aliphatic hydroxyl groups excluding tert-OH is 1. The van der Waals surface area contributed by atoms with E-state index in [-0.39, 0.29) is 5.57 Å². The summed E-state index contributed by atoms with van der Waals surface area (Å²) < 4.78 is 4.29. The van der Waals surface area contributed by atoms with Gasteiger partial charge in [-0.25, -0.2) is 4.79 Å². The fraction of sp³-hybridized carbons (Fsp3) is 0.400. The molecule has 0 radical (unpaired) electrons. The van der Waals surface area contributed by atoms with Crippen molar-refractivity contribution in [3.63, 3.8) is 0 Å². The third kappa shape index (κ3) is 1.42. The van der Waals surface area contributed by atoms with Gasteiger partial charge in [-0.1, -0.05) is 23.2 Å². The fourth-order valence-electron chi connectivity index (χ4n) is 0.595. The molecule has 3 nitrogen and oxygen atoms in total. The molecule has 0 aromatic heterocycles. The molecular formula is C5H4Cl2O3. The van der Waals surface area contributed by atoms with E-state index in [2.05, 4.69) is 4.74 Å². The van der Waals surface area contributed by atoms with Crippen molar-refractivity contribution in [3.8, 4) is 0 Å². The van der Waals surface area contributed by atoms with Gasteiger partial charge in [0.2, 0.25) is 6.29 Å². The van der Waals surface area contributed by atoms with Crippen LogP contribution in [0.2, 0.25) is 0 Å². The molecule has 0 aromatic carbocycles. The zero-order chi connectivity index (χ0) is 7.72. The number of alkyl halides is 2. The normalized spacial score (nSPS) is 25.0. The molecule has 1 aliphatic heterocycles. The van der Waals surface area contributed by atoms with Gasteiger partial charge >= 0.3 is 5.97 Å². The molecule has 0 bridgehead atoms. The molecule has 0 aliphatic carbocycles. The first kappa shape index (κ1) is 7.85. The van der Waals surface area contributed by atoms with Crippen molar-refractivity contribution in [1.29, 1.82) is 0 Å². The molecule has 56 valence electrons. The summed E-state index contributed by atoms with van der Waals surface area (Å²) >= 11 is 10.7. The van der Waals surface area contributed by atoms with E-state index >= 15 is 0 Å². The third-order valence-corrected chi connectivity index (χ3v) is 1.49. The third-order valence-electron chi connectivity index (χ3n) is 1.02. The summed E-state index contributed by atoms with van der Waals surface area (Å²) in [6.07, 6.45) is -0.0185. The number of hydrogen-bond donors (Lipinski definition) is 1. The zero-order valence-electron chi connectivity index (χ0n) is 4.75. The molecule has 1 N–H and O–H groups in total. The van der Waals surface area contributed by atoms with E-state index in [1.165, 1.54) is 6.08 Å². The molecule has 0 amide bonds. The van der Waals surface area contributed by atoms with E-state index in [1.54, 1.807) is 0 Å². The van der Waals surface area contributed by atoms with Gasteiger partial charge in [-0.2, -0.15) is 0 Å². The van der Waals surface area contributed by atoms with E-state index in [9.17, 15) is 4.79 Å². The molecule has 1 rings (SSSR count). The topological polar surface area (TPSA) is 46.5 Å². The second-order valence-electron chi connectivity index (χ2n) is 1.72. The van der Waals surface area contributed by atoms with Crippen LogP contribution in [0, 0.1) is 0 Å². The number of esters is 1. The van der Waals surface area contributed by atoms with Gasteiger partial charge in [-0.3, -0.25) is 0 Å². The highest BCUT2D eigenvalue weighted by Gasteiger charge is 2.27. The SMILES string of the molecule is O=C1OC(O)C=C1C(Cl)Cl.